The van der Waals surface area contributed by atoms with Gasteiger partial charge in [-0.3, -0.25) is 0 Å². The van der Waals surface area contributed by atoms with Gasteiger partial charge in [0.25, 0.3) is 0 Å². The van der Waals surface area contributed by atoms with E-state index in [1.807, 2.05) is 12.5 Å². The van der Waals surface area contributed by atoms with E-state index in [9.17, 15) is 0 Å². The zero-order valence-electron chi connectivity index (χ0n) is 12.3. The molecule has 0 saturated carbocycles. The Balaban J connectivity index is 1.84. The molecule has 0 spiro atoms. The maximum absolute atomic E-state index is 5.91. The van der Waals surface area contributed by atoms with Crippen LogP contribution in [0, 0.1) is 6.92 Å². The van der Waals surface area contributed by atoms with Gasteiger partial charge >= 0.3 is 0 Å². The van der Waals surface area contributed by atoms with E-state index in [2.05, 4.69) is 46.9 Å². The third-order valence-electron chi connectivity index (χ3n) is 3.16. The van der Waals surface area contributed by atoms with Crippen molar-refractivity contribution in [1.29, 1.82) is 0 Å². The van der Waals surface area contributed by atoms with Crippen LogP contribution < -0.4 is 10.1 Å². The van der Waals surface area contributed by atoms with Crippen molar-refractivity contribution in [1.82, 2.24) is 14.9 Å². The first-order valence-corrected chi connectivity index (χ1v) is 7.18. The first kappa shape index (κ1) is 14.6. The third-order valence-corrected chi connectivity index (χ3v) is 3.16. The van der Waals surface area contributed by atoms with E-state index in [4.69, 9.17) is 4.74 Å². The number of imidazole rings is 1. The van der Waals surface area contributed by atoms with Crippen LogP contribution in [0.15, 0.2) is 36.9 Å². The molecule has 1 aromatic carbocycles. The van der Waals surface area contributed by atoms with Crippen LogP contribution in [0.4, 0.5) is 0 Å². The monoisotopic (exact) mass is 273 g/mol. The molecule has 0 amide bonds. The summed E-state index contributed by atoms with van der Waals surface area (Å²) in [6, 6.07) is 6.35. The highest BCUT2D eigenvalue weighted by Crippen LogP contribution is 2.20. The minimum Gasteiger partial charge on any atom is -0.493 e. The highest BCUT2D eigenvalue weighted by atomic mass is 16.5. The Morgan fingerprint density at radius 3 is 3.00 bits per heavy atom. The van der Waals surface area contributed by atoms with Crippen LogP contribution in [0.25, 0.3) is 0 Å². The lowest BCUT2D eigenvalue weighted by atomic mass is 10.1. The fraction of sp³-hybridized carbons (Fsp3) is 0.438. The first-order valence-electron chi connectivity index (χ1n) is 7.18. The molecule has 0 saturated heterocycles. The smallest absolute Gasteiger partial charge is 0.123 e. The first-order chi connectivity index (χ1) is 9.79. The normalized spacial score (nSPS) is 10.7. The van der Waals surface area contributed by atoms with Crippen LogP contribution in [-0.2, 0) is 13.1 Å². The van der Waals surface area contributed by atoms with Crippen molar-refractivity contribution in [3.05, 3.63) is 48.0 Å². The van der Waals surface area contributed by atoms with Gasteiger partial charge in [-0.2, -0.15) is 0 Å². The van der Waals surface area contributed by atoms with E-state index in [1.165, 1.54) is 11.1 Å². The van der Waals surface area contributed by atoms with Crippen LogP contribution >= 0.6 is 0 Å². The molecule has 4 heteroatoms. The quantitative estimate of drug-likeness (QED) is 0.752. The largest absolute Gasteiger partial charge is 0.493 e. The predicted molar refractivity (Wildman–Crippen MR) is 80.9 cm³/mol. The molecular formula is C16H23N3O. The molecule has 0 aliphatic rings. The number of nitrogens with one attached hydrogen (secondary N) is 1. The van der Waals surface area contributed by atoms with Crippen LogP contribution in [0.2, 0.25) is 0 Å². The van der Waals surface area contributed by atoms with E-state index in [1.54, 1.807) is 6.20 Å². The number of benzene rings is 1. The number of nitrogens with zero attached hydrogens (tertiary/aromatic N) is 2. The molecule has 0 aliphatic carbocycles. The fourth-order valence-electron chi connectivity index (χ4n) is 2.10. The fourth-order valence-corrected chi connectivity index (χ4v) is 2.10. The summed E-state index contributed by atoms with van der Waals surface area (Å²) in [6.45, 7) is 7.71. The zero-order chi connectivity index (χ0) is 14.2. The molecule has 1 aromatic heterocycles. The van der Waals surface area contributed by atoms with E-state index < -0.39 is 0 Å². The van der Waals surface area contributed by atoms with Crippen molar-refractivity contribution in [3.8, 4) is 5.75 Å². The molecule has 1 heterocycles. The van der Waals surface area contributed by atoms with E-state index in [0.29, 0.717) is 0 Å². The Kier molecular flexibility index (Phi) is 5.62. The van der Waals surface area contributed by atoms with Crippen molar-refractivity contribution >= 4 is 0 Å². The van der Waals surface area contributed by atoms with E-state index in [0.717, 1.165) is 38.4 Å². The second-order valence-electron chi connectivity index (χ2n) is 4.89. The molecule has 0 atom stereocenters. The summed E-state index contributed by atoms with van der Waals surface area (Å²) in [6.07, 6.45) is 6.59. The van der Waals surface area contributed by atoms with Crippen molar-refractivity contribution in [2.24, 2.45) is 0 Å². The summed E-state index contributed by atoms with van der Waals surface area (Å²) in [5.74, 6) is 0.988. The van der Waals surface area contributed by atoms with Gasteiger partial charge in [0.05, 0.1) is 12.9 Å². The Labute approximate surface area is 120 Å². The van der Waals surface area contributed by atoms with Gasteiger partial charge in [-0.25, -0.2) is 4.98 Å². The molecule has 0 fully saturated rings. The summed E-state index contributed by atoms with van der Waals surface area (Å²) >= 11 is 0. The number of rotatable bonds is 8. The van der Waals surface area contributed by atoms with Gasteiger partial charge in [0.15, 0.2) is 0 Å². The van der Waals surface area contributed by atoms with Gasteiger partial charge in [0.2, 0.25) is 0 Å². The van der Waals surface area contributed by atoms with Gasteiger partial charge in [0.1, 0.15) is 5.75 Å². The van der Waals surface area contributed by atoms with Crippen molar-refractivity contribution < 1.29 is 4.74 Å². The lowest BCUT2D eigenvalue weighted by Gasteiger charge is -2.13. The van der Waals surface area contributed by atoms with Crippen molar-refractivity contribution in [3.63, 3.8) is 0 Å². The molecule has 108 valence electrons. The lowest BCUT2D eigenvalue weighted by Crippen LogP contribution is -2.13. The number of aryl methyl sites for hydroxylation is 2. The summed E-state index contributed by atoms with van der Waals surface area (Å²) in [5.41, 5.74) is 2.50. The average Bonchev–Trinajstić information content (AvgIpc) is 2.96. The SMILES string of the molecule is CCNCc1cc(C)ccc1OCCCn1ccnc1. The molecule has 2 rings (SSSR count). The minimum absolute atomic E-state index is 0.723. The van der Waals surface area contributed by atoms with Crippen molar-refractivity contribution in [2.75, 3.05) is 13.2 Å². The van der Waals surface area contributed by atoms with Crippen LogP contribution in [-0.4, -0.2) is 22.7 Å². The van der Waals surface area contributed by atoms with Gasteiger partial charge in [-0.05, 0) is 26.0 Å². The summed E-state index contributed by atoms with van der Waals surface area (Å²) in [7, 11) is 0. The summed E-state index contributed by atoms with van der Waals surface area (Å²) in [4.78, 5) is 4.03. The van der Waals surface area contributed by atoms with E-state index in [-0.39, 0.29) is 0 Å². The Morgan fingerprint density at radius 2 is 2.25 bits per heavy atom. The highest BCUT2D eigenvalue weighted by molar-refractivity contribution is 5.36. The summed E-state index contributed by atoms with van der Waals surface area (Å²) in [5, 5.41) is 3.35. The molecule has 1 N–H and O–H groups in total. The minimum atomic E-state index is 0.723. The molecule has 0 bridgehead atoms. The van der Waals surface area contributed by atoms with Gasteiger partial charge in [-0.1, -0.05) is 24.6 Å². The number of hydrogen-bond donors (Lipinski definition) is 1. The van der Waals surface area contributed by atoms with Gasteiger partial charge in [-0.15, -0.1) is 0 Å². The molecular weight excluding hydrogens is 250 g/mol. The Bertz CT molecular complexity index is 508. The highest BCUT2D eigenvalue weighted by Gasteiger charge is 2.03. The Hall–Kier alpha value is -1.81. The second-order valence-corrected chi connectivity index (χ2v) is 4.89. The van der Waals surface area contributed by atoms with Crippen LogP contribution in [0.1, 0.15) is 24.5 Å². The molecule has 0 aliphatic heterocycles. The molecule has 0 radical (unpaired) electrons. The lowest BCUT2D eigenvalue weighted by molar-refractivity contribution is 0.298. The molecule has 20 heavy (non-hydrogen) atoms. The Morgan fingerprint density at radius 1 is 1.35 bits per heavy atom. The van der Waals surface area contributed by atoms with E-state index >= 15 is 0 Å². The van der Waals surface area contributed by atoms with Gasteiger partial charge < -0.3 is 14.6 Å². The average molecular weight is 273 g/mol. The molecule has 2 aromatic rings. The van der Waals surface area contributed by atoms with Crippen LogP contribution in [0.3, 0.4) is 0 Å². The van der Waals surface area contributed by atoms with Gasteiger partial charge in [0, 0.05) is 31.0 Å². The topological polar surface area (TPSA) is 39.1 Å². The summed E-state index contributed by atoms with van der Waals surface area (Å²) < 4.78 is 7.98. The number of hydrogen-bond acceptors (Lipinski definition) is 3. The maximum atomic E-state index is 5.91. The zero-order valence-corrected chi connectivity index (χ0v) is 12.3. The van der Waals surface area contributed by atoms with Crippen LogP contribution in [0.5, 0.6) is 5.75 Å². The van der Waals surface area contributed by atoms with Crippen molar-refractivity contribution in [2.45, 2.75) is 33.4 Å². The number of aromatic nitrogens is 2. The molecule has 0 unspecified atom stereocenters. The second kappa shape index (κ2) is 7.70. The standard InChI is InChI=1S/C16H23N3O/c1-3-17-12-15-11-14(2)5-6-16(15)20-10-4-8-19-9-7-18-13-19/h5-7,9,11,13,17H,3-4,8,10,12H2,1-2H3. The number of ether oxygens (including phenoxy) is 1. The molecule has 4 nitrogen and oxygen atoms in total. The predicted octanol–water partition coefficient (Wildman–Crippen LogP) is 2.77. The third kappa shape index (κ3) is 4.38. The maximum Gasteiger partial charge on any atom is 0.123 e.